The first-order valence-corrected chi connectivity index (χ1v) is 6.94. The summed E-state index contributed by atoms with van der Waals surface area (Å²) in [4.78, 5) is 12.0. The summed E-state index contributed by atoms with van der Waals surface area (Å²) in [6.07, 6.45) is 3.00. The van der Waals surface area contributed by atoms with E-state index in [1.165, 1.54) is 10.9 Å². The average Bonchev–Trinajstić information content (AvgIpc) is 2.90. The summed E-state index contributed by atoms with van der Waals surface area (Å²) < 4.78 is 18.7. The molecule has 0 aliphatic carbocycles. The number of hydrogen-bond donors (Lipinski definition) is 2. The third-order valence-electron chi connectivity index (χ3n) is 2.82. The molecule has 2 aromatic rings. The number of ether oxygens (including phenoxy) is 1. The lowest BCUT2D eigenvalue weighted by atomic mass is 10.2. The number of carbonyl (C=O) groups is 1. The van der Waals surface area contributed by atoms with Gasteiger partial charge < -0.3 is 15.4 Å². The molecule has 0 radical (unpaired) electrons. The molecule has 0 unspecified atom stereocenters. The van der Waals surface area contributed by atoms with E-state index < -0.39 is 12.7 Å². The molecule has 0 atom stereocenters. The Morgan fingerprint density at radius 1 is 1.45 bits per heavy atom. The van der Waals surface area contributed by atoms with Crippen molar-refractivity contribution in [2.75, 3.05) is 24.4 Å². The molecule has 0 bridgehead atoms. The molecule has 6 nitrogen and oxygen atoms in total. The number of alkyl halides is 1. The van der Waals surface area contributed by atoms with E-state index in [0.717, 1.165) is 5.56 Å². The van der Waals surface area contributed by atoms with Crippen LogP contribution in [0.2, 0.25) is 5.02 Å². The molecule has 2 N–H and O–H groups in total. The van der Waals surface area contributed by atoms with Crippen molar-refractivity contribution in [2.24, 2.45) is 0 Å². The van der Waals surface area contributed by atoms with Gasteiger partial charge in [0.2, 0.25) is 0 Å². The molecular weight excluding hydrogens is 311 g/mol. The maximum absolute atomic E-state index is 12.2. The lowest BCUT2D eigenvalue weighted by molar-refractivity contribution is 0.185. The highest BCUT2D eigenvalue weighted by Crippen LogP contribution is 2.21. The first-order valence-electron chi connectivity index (χ1n) is 6.56. The Kier molecular flexibility index (Phi) is 5.74. The van der Waals surface area contributed by atoms with E-state index in [2.05, 4.69) is 15.7 Å². The van der Waals surface area contributed by atoms with Gasteiger partial charge in [-0.3, -0.25) is 4.68 Å². The Bertz CT molecular complexity index is 648. The first-order chi connectivity index (χ1) is 10.6. The van der Waals surface area contributed by atoms with Crippen molar-refractivity contribution >= 4 is 29.0 Å². The first kappa shape index (κ1) is 16.3. The molecule has 1 aromatic heterocycles. The highest BCUT2D eigenvalue weighted by molar-refractivity contribution is 6.30. The Morgan fingerprint density at radius 2 is 2.27 bits per heavy atom. The van der Waals surface area contributed by atoms with Gasteiger partial charge in [-0.25, -0.2) is 9.18 Å². The van der Waals surface area contributed by atoms with Crippen molar-refractivity contribution in [3.8, 4) is 0 Å². The van der Waals surface area contributed by atoms with Gasteiger partial charge in [0.05, 0.1) is 25.0 Å². The van der Waals surface area contributed by atoms with E-state index in [0.29, 0.717) is 23.0 Å². The number of methoxy groups -OCH3 is 1. The number of aromatic nitrogens is 2. The fraction of sp³-hybridized carbons (Fsp3) is 0.286. The second kappa shape index (κ2) is 7.77. The molecule has 0 aliphatic rings. The molecule has 1 heterocycles. The number of amides is 2. The van der Waals surface area contributed by atoms with Crippen LogP contribution in [-0.4, -0.2) is 29.6 Å². The maximum atomic E-state index is 12.2. The van der Waals surface area contributed by atoms with Gasteiger partial charge in [0.25, 0.3) is 0 Å². The zero-order valence-corrected chi connectivity index (χ0v) is 12.7. The number of nitrogens with zero attached hydrogens (tertiary/aromatic N) is 2. The number of carbonyl (C=O) groups excluding carboxylic acids is 1. The molecule has 2 amide bonds. The number of halogens is 2. The topological polar surface area (TPSA) is 68.2 Å². The number of aryl methyl sites for hydroxylation is 1. The van der Waals surface area contributed by atoms with Crippen molar-refractivity contribution in [1.29, 1.82) is 0 Å². The number of urea groups is 1. The number of nitrogens with one attached hydrogen (secondary N) is 2. The Labute approximate surface area is 132 Å². The summed E-state index contributed by atoms with van der Waals surface area (Å²) in [6.45, 7) is -0.0401. The van der Waals surface area contributed by atoms with Crippen molar-refractivity contribution in [1.82, 2.24) is 9.78 Å². The SMILES string of the molecule is COCc1cc(Cl)ccc1NC(=O)Nc1cnn(CCF)c1. The van der Waals surface area contributed by atoms with Crippen LogP contribution in [0.1, 0.15) is 5.56 Å². The van der Waals surface area contributed by atoms with Crippen LogP contribution < -0.4 is 10.6 Å². The molecule has 2 rings (SSSR count). The molecule has 0 aliphatic heterocycles. The van der Waals surface area contributed by atoms with Crippen molar-refractivity contribution < 1.29 is 13.9 Å². The molecule has 22 heavy (non-hydrogen) atoms. The van der Waals surface area contributed by atoms with Gasteiger partial charge in [0.15, 0.2) is 0 Å². The van der Waals surface area contributed by atoms with Crippen LogP contribution in [-0.2, 0) is 17.9 Å². The second-order valence-corrected chi connectivity index (χ2v) is 4.93. The molecule has 1 aromatic carbocycles. The minimum Gasteiger partial charge on any atom is -0.380 e. The largest absolute Gasteiger partial charge is 0.380 e. The van der Waals surface area contributed by atoms with E-state index in [4.69, 9.17) is 16.3 Å². The fourth-order valence-electron chi connectivity index (χ4n) is 1.88. The van der Waals surface area contributed by atoms with Crippen molar-refractivity contribution in [3.63, 3.8) is 0 Å². The summed E-state index contributed by atoms with van der Waals surface area (Å²) in [5.74, 6) is 0. The smallest absolute Gasteiger partial charge is 0.323 e. The molecule has 8 heteroatoms. The number of benzene rings is 1. The van der Waals surface area contributed by atoms with Crippen molar-refractivity contribution in [2.45, 2.75) is 13.2 Å². The molecule has 0 saturated carbocycles. The van der Waals surface area contributed by atoms with E-state index in [9.17, 15) is 9.18 Å². The zero-order chi connectivity index (χ0) is 15.9. The fourth-order valence-corrected chi connectivity index (χ4v) is 2.08. The number of rotatable bonds is 6. The van der Waals surface area contributed by atoms with Crippen LogP contribution in [0.3, 0.4) is 0 Å². The molecule has 118 valence electrons. The predicted molar refractivity (Wildman–Crippen MR) is 83.0 cm³/mol. The van der Waals surface area contributed by atoms with Crippen LogP contribution in [0, 0.1) is 0 Å². The van der Waals surface area contributed by atoms with Crippen LogP contribution in [0.4, 0.5) is 20.6 Å². The summed E-state index contributed by atoms with van der Waals surface area (Å²) in [6, 6.07) is 4.66. The standard InChI is InChI=1S/C14H16ClFN4O2/c1-22-9-10-6-11(15)2-3-13(10)19-14(21)18-12-7-17-20(8-12)5-4-16/h2-3,6-8H,4-5,9H2,1H3,(H2,18,19,21). The van der Waals surface area contributed by atoms with Gasteiger partial charge in [-0.15, -0.1) is 0 Å². The summed E-state index contributed by atoms with van der Waals surface area (Å²) in [5, 5.41) is 9.82. The van der Waals surface area contributed by atoms with Crippen LogP contribution in [0.5, 0.6) is 0 Å². The van der Waals surface area contributed by atoms with Gasteiger partial charge in [-0.05, 0) is 18.2 Å². The number of hydrogen-bond acceptors (Lipinski definition) is 3. The van der Waals surface area contributed by atoms with Crippen LogP contribution >= 0.6 is 11.6 Å². The number of anilines is 2. The Balaban J connectivity index is 2.02. The summed E-state index contributed by atoms with van der Waals surface area (Å²) in [5.41, 5.74) is 1.84. The van der Waals surface area contributed by atoms with Crippen LogP contribution in [0.15, 0.2) is 30.6 Å². The van der Waals surface area contributed by atoms with Gasteiger partial charge in [-0.2, -0.15) is 5.10 Å². The quantitative estimate of drug-likeness (QED) is 0.856. The van der Waals surface area contributed by atoms with E-state index in [-0.39, 0.29) is 6.54 Å². The van der Waals surface area contributed by atoms with E-state index in [1.807, 2.05) is 0 Å². The minimum absolute atomic E-state index is 0.151. The highest BCUT2D eigenvalue weighted by Gasteiger charge is 2.09. The van der Waals surface area contributed by atoms with Gasteiger partial charge in [-0.1, -0.05) is 11.6 Å². The monoisotopic (exact) mass is 326 g/mol. The summed E-state index contributed by atoms with van der Waals surface area (Å²) >= 11 is 5.93. The predicted octanol–water partition coefficient (Wildman–Crippen LogP) is 3.30. The maximum Gasteiger partial charge on any atom is 0.323 e. The Morgan fingerprint density at radius 3 is 3.00 bits per heavy atom. The molecule has 0 fully saturated rings. The summed E-state index contributed by atoms with van der Waals surface area (Å²) in [7, 11) is 1.56. The zero-order valence-electron chi connectivity index (χ0n) is 12.0. The molecule has 0 saturated heterocycles. The third-order valence-corrected chi connectivity index (χ3v) is 3.06. The Hall–Kier alpha value is -2.12. The van der Waals surface area contributed by atoms with Gasteiger partial charge in [0, 0.05) is 29.6 Å². The second-order valence-electron chi connectivity index (χ2n) is 4.49. The minimum atomic E-state index is -0.515. The molecular formula is C14H16ClFN4O2. The normalized spacial score (nSPS) is 10.5. The van der Waals surface area contributed by atoms with Crippen LogP contribution in [0.25, 0.3) is 0 Å². The average molecular weight is 327 g/mol. The lowest BCUT2D eigenvalue weighted by Crippen LogP contribution is -2.20. The van der Waals surface area contributed by atoms with E-state index in [1.54, 1.807) is 31.5 Å². The highest BCUT2D eigenvalue weighted by atomic mass is 35.5. The van der Waals surface area contributed by atoms with Gasteiger partial charge >= 0.3 is 6.03 Å². The lowest BCUT2D eigenvalue weighted by Gasteiger charge is -2.11. The molecule has 0 spiro atoms. The van der Waals surface area contributed by atoms with Gasteiger partial charge in [0.1, 0.15) is 6.67 Å². The van der Waals surface area contributed by atoms with E-state index >= 15 is 0 Å². The van der Waals surface area contributed by atoms with Crippen molar-refractivity contribution in [3.05, 3.63) is 41.2 Å². The third kappa shape index (κ3) is 4.44.